The zero-order chi connectivity index (χ0) is 22.8. The van der Waals surface area contributed by atoms with E-state index >= 15 is 0 Å². The van der Waals surface area contributed by atoms with Crippen LogP contribution in [-0.4, -0.2) is 51.3 Å². The summed E-state index contributed by atoms with van der Waals surface area (Å²) in [5, 5.41) is 6.55. The molecule has 0 saturated carbocycles. The van der Waals surface area contributed by atoms with Crippen LogP contribution >= 0.6 is 24.0 Å². The van der Waals surface area contributed by atoms with E-state index in [9.17, 15) is 8.78 Å². The highest BCUT2D eigenvalue weighted by Crippen LogP contribution is 2.29. The molecule has 0 atom stereocenters. The average Bonchev–Trinajstić information content (AvgIpc) is 3.30. The van der Waals surface area contributed by atoms with Crippen LogP contribution in [-0.2, 0) is 19.5 Å². The lowest BCUT2D eigenvalue weighted by atomic mass is 10.1. The maximum atomic E-state index is 12.6. The Morgan fingerprint density at radius 3 is 2.30 bits per heavy atom. The minimum absolute atomic E-state index is 0. The first-order valence-electron chi connectivity index (χ1n) is 10.9. The molecule has 1 aliphatic heterocycles. The predicted octanol–water partition coefficient (Wildman–Crippen LogP) is 4.42. The molecule has 2 aromatic carbocycles. The van der Waals surface area contributed by atoms with E-state index < -0.39 is 6.61 Å². The first-order chi connectivity index (χ1) is 15.6. The van der Waals surface area contributed by atoms with E-state index in [1.54, 1.807) is 19.2 Å². The zero-order valence-corrected chi connectivity index (χ0v) is 21.5. The van der Waals surface area contributed by atoms with Gasteiger partial charge in [-0.1, -0.05) is 30.3 Å². The summed E-state index contributed by atoms with van der Waals surface area (Å²) in [6.45, 7) is 1.78. The maximum absolute atomic E-state index is 12.6. The number of alkyl halides is 2. The number of hydrogen-bond acceptors (Lipinski definition) is 4. The summed E-state index contributed by atoms with van der Waals surface area (Å²) >= 11 is 0. The van der Waals surface area contributed by atoms with Gasteiger partial charge in [0.15, 0.2) is 17.5 Å². The number of ether oxygens (including phenoxy) is 2. The predicted molar refractivity (Wildman–Crippen MR) is 138 cm³/mol. The maximum Gasteiger partial charge on any atom is 0.387 e. The van der Waals surface area contributed by atoms with Crippen molar-refractivity contribution in [1.82, 2.24) is 15.5 Å². The third-order valence-corrected chi connectivity index (χ3v) is 5.46. The third-order valence-electron chi connectivity index (χ3n) is 5.46. The smallest absolute Gasteiger partial charge is 0.387 e. The summed E-state index contributed by atoms with van der Waals surface area (Å²) in [5.41, 5.74) is 3.38. The van der Waals surface area contributed by atoms with Crippen LogP contribution in [0, 0.1) is 0 Å². The van der Waals surface area contributed by atoms with Gasteiger partial charge < -0.3 is 20.1 Å². The molecule has 1 heterocycles. The molecule has 6 nitrogen and oxygen atoms in total. The fourth-order valence-electron chi connectivity index (χ4n) is 3.76. The van der Waals surface area contributed by atoms with Crippen molar-refractivity contribution in [3.8, 4) is 11.5 Å². The summed E-state index contributed by atoms with van der Waals surface area (Å²) in [7, 11) is 3.14. The molecule has 1 saturated heterocycles. The third kappa shape index (κ3) is 8.96. The lowest BCUT2D eigenvalue weighted by molar-refractivity contribution is -0.0512. The van der Waals surface area contributed by atoms with Crippen molar-refractivity contribution < 1.29 is 18.3 Å². The summed E-state index contributed by atoms with van der Waals surface area (Å²) < 4.78 is 34.8. The van der Waals surface area contributed by atoms with E-state index in [0.29, 0.717) is 25.5 Å². The van der Waals surface area contributed by atoms with E-state index in [-0.39, 0.29) is 35.5 Å². The number of rotatable bonds is 10. The molecule has 0 unspecified atom stereocenters. The average molecular weight is 574 g/mol. The van der Waals surface area contributed by atoms with Crippen molar-refractivity contribution in [2.24, 2.45) is 4.99 Å². The van der Waals surface area contributed by atoms with Crippen LogP contribution in [0.1, 0.15) is 29.5 Å². The minimum atomic E-state index is -2.89. The largest absolute Gasteiger partial charge is 0.493 e. The highest BCUT2D eigenvalue weighted by molar-refractivity contribution is 14.0. The monoisotopic (exact) mass is 574 g/mol. The van der Waals surface area contributed by atoms with Gasteiger partial charge in [0.2, 0.25) is 0 Å². The molecule has 33 heavy (non-hydrogen) atoms. The number of halogens is 3. The molecule has 0 radical (unpaired) electrons. The van der Waals surface area contributed by atoms with Crippen molar-refractivity contribution in [2.75, 3.05) is 33.8 Å². The van der Waals surface area contributed by atoms with Gasteiger partial charge in [-0.05, 0) is 61.2 Å². The van der Waals surface area contributed by atoms with Crippen LogP contribution in [0.4, 0.5) is 8.78 Å². The Kier molecular flexibility index (Phi) is 11.7. The molecule has 1 aliphatic rings. The summed E-state index contributed by atoms with van der Waals surface area (Å²) in [6.07, 6.45) is 3.23. The second-order valence-electron chi connectivity index (χ2n) is 7.77. The van der Waals surface area contributed by atoms with Crippen LogP contribution in [0.2, 0.25) is 0 Å². The molecular formula is C24H33F2IN4O2. The number of aliphatic imine (C=N–C) groups is 1. The molecular weight excluding hydrogens is 541 g/mol. The van der Waals surface area contributed by atoms with E-state index in [2.05, 4.69) is 49.5 Å². The van der Waals surface area contributed by atoms with Gasteiger partial charge in [0, 0.05) is 26.7 Å². The fraction of sp³-hybridized carbons (Fsp3) is 0.458. The van der Waals surface area contributed by atoms with Gasteiger partial charge in [-0.3, -0.25) is 9.89 Å². The van der Waals surface area contributed by atoms with E-state index in [1.807, 2.05) is 6.07 Å². The molecule has 0 amide bonds. The Morgan fingerprint density at radius 2 is 1.67 bits per heavy atom. The second kappa shape index (κ2) is 14.2. The van der Waals surface area contributed by atoms with Gasteiger partial charge in [0.05, 0.1) is 7.11 Å². The number of likely N-dealkylation sites (tertiary alicyclic amines) is 1. The van der Waals surface area contributed by atoms with Crippen LogP contribution in [0.3, 0.4) is 0 Å². The fourth-order valence-corrected chi connectivity index (χ4v) is 3.76. The molecule has 0 bridgehead atoms. The lowest BCUT2D eigenvalue weighted by Gasteiger charge is -2.15. The van der Waals surface area contributed by atoms with Gasteiger partial charge in [-0.25, -0.2) is 0 Å². The van der Waals surface area contributed by atoms with E-state index in [1.165, 1.54) is 44.2 Å². The van der Waals surface area contributed by atoms with Crippen molar-refractivity contribution in [3.63, 3.8) is 0 Å². The zero-order valence-electron chi connectivity index (χ0n) is 19.2. The number of benzene rings is 2. The number of guanidine groups is 1. The highest BCUT2D eigenvalue weighted by atomic mass is 127. The number of nitrogens with zero attached hydrogens (tertiary/aromatic N) is 2. The van der Waals surface area contributed by atoms with Crippen molar-refractivity contribution in [1.29, 1.82) is 0 Å². The molecule has 0 aromatic heterocycles. The Balaban J connectivity index is 0.00000385. The van der Waals surface area contributed by atoms with Gasteiger partial charge >= 0.3 is 6.61 Å². The van der Waals surface area contributed by atoms with E-state index in [4.69, 9.17) is 4.74 Å². The molecule has 2 N–H and O–H groups in total. The first kappa shape index (κ1) is 27.1. The number of hydrogen-bond donors (Lipinski definition) is 2. The SMILES string of the molecule is CN=C(NCCc1ccc(OC)c(OC(F)F)c1)NCc1ccc(CN2CCCC2)cc1.I. The Hall–Kier alpha value is -2.14. The number of methoxy groups -OCH3 is 1. The summed E-state index contributed by atoms with van der Waals surface area (Å²) in [5.74, 6) is 1.00. The summed E-state index contributed by atoms with van der Waals surface area (Å²) in [6, 6.07) is 13.7. The number of nitrogens with one attached hydrogen (secondary N) is 2. The van der Waals surface area contributed by atoms with Crippen molar-refractivity contribution in [3.05, 3.63) is 59.2 Å². The van der Waals surface area contributed by atoms with Crippen LogP contribution in [0.5, 0.6) is 11.5 Å². The lowest BCUT2D eigenvalue weighted by Crippen LogP contribution is -2.37. The quantitative estimate of drug-likeness (QED) is 0.250. The first-order valence-corrected chi connectivity index (χ1v) is 10.9. The van der Waals surface area contributed by atoms with Gasteiger partial charge in [0.25, 0.3) is 0 Å². The normalized spacial score (nSPS) is 14.2. The molecule has 182 valence electrons. The molecule has 9 heteroatoms. The van der Waals surface area contributed by atoms with E-state index in [0.717, 1.165) is 12.1 Å². The second-order valence-corrected chi connectivity index (χ2v) is 7.77. The molecule has 0 aliphatic carbocycles. The molecule has 3 rings (SSSR count). The van der Waals surface area contributed by atoms with Crippen LogP contribution < -0.4 is 20.1 Å². The Bertz CT molecular complexity index is 875. The van der Waals surface area contributed by atoms with Crippen molar-refractivity contribution >= 4 is 29.9 Å². The van der Waals surface area contributed by atoms with Gasteiger partial charge in [-0.15, -0.1) is 24.0 Å². The van der Waals surface area contributed by atoms with Crippen LogP contribution in [0.15, 0.2) is 47.5 Å². The standard InChI is InChI=1S/C24H32F2N4O2.HI/c1-27-24(28-12-11-18-9-10-21(31-2)22(15-18)32-23(25)26)29-16-19-5-7-20(8-6-19)17-30-13-3-4-14-30;/h5-10,15,23H,3-4,11-14,16-17H2,1-2H3,(H2,27,28,29);1H. The Labute approximate surface area is 211 Å². The van der Waals surface area contributed by atoms with Gasteiger partial charge in [0.1, 0.15) is 0 Å². The minimum Gasteiger partial charge on any atom is -0.493 e. The van der Waals surface area contributed by atoms with Gasteiger partial charge in [-0.2, -0.15) is 8.78 Å². The molecule has 2 aromatic rings. The highest BCUT2D eigenvalue weighted by Gasteiger charge is 2.12. The molecule has 1 fully saturated rings. The molecule has 0 spiro atoms. The van der Waals surface area contributed by atoms with Crippen LogP contribution in [0.25, 0.3) is 0 Å². The van der Waals surface area contributed by atoms with Crippen molar-refractivity contribution in [2.45, 2.75) is 39.0 Å². The summed E-state index contributed by atoms with van der Waals surface area (Å²) in [4.78, 5) is 6.74. The Morgan fingerprint density at radius 1 is 1.00 bits per heavy atom. The topological polar surface area (TPSA) is 58.1 Å².